The molecular weight excluding hydrogens is 376 g/mol. The van der Waals surface area contributed by atoms with Gasteiger partial charge in [0, 0.05) is 4.88 Å². The number of thiophene rings is 1. The topological polar surface area (TPSA) is 85.9 Å². The fraction of sp³-hybridized carbons (Fsp3) is 0.579. The maximum Gasteiger partial charge on any atom is 0.291 e. The molecule has 2 N–H and O–H groups in total. The minimum absolute atomic E-state index is 0.217. The molecule has 4 heterocycles. The monoisotopic (exact) mass is 401 g/mol. The second-order valence-corrected chi connectivity index (χ2v) is 8.81. The van der Waals surface area contributed by atoms with Crippen molar-refractivity contribution in [1.82, 2.24) is 24.9 Å². The predicted octanol–water partition coefficient (Wildman–Crippen LogP) is 0.424. The van der Waals surface area contributed by atoms with E-state index in [1.165, 1.54) is 28.2 Å². The van der Waals surface area contributed by atoms with Crippen LogP contribution in [0.2, 0.25) is 0 Å². The Kier molecular flexibility index (Phi) is 4.73. The van der Waals surface area contributed by atoms with Gasteiger partial charge in [-0.25, -0.2) is 14.5 Å². The quantitative estimate of drug-likeness (QED) is 0.662. The van der Waals surface area contributed by atoms with Gasteiger partial charge in [-0.15, -0.1) is 16.4 Å². The third kappa shape index (κ3) is 3.17. The summed E-state index contributed by atoms with van der Waals surface area (Å²) in [5.41, 5.74) is 2.11. The Bertz CT molecular complexity index is 1020. The number of nitrogens with zero attached hydrogens (tertiary/aromatic N) is 4. The van der Waals surface area contributed by atoms with E-state index in [9.17, 15) is 4.79 Å². The first-order valence-corrected chi connectivity index (χ1v) is 10.9. The van der Waals surface area contributed by atoms with Crippen LogP contribution in [0.25, 0.3) is 15.9 Å². The van der Waals surface area contributed by atoms with Crippen molar-refractivity contribution in [3.63, 3.8) is 0 Å². The van der Waals surface area contributed by atoms with Crippen molar-refractivity contribution >= 4 is 33.1 Å². The zero-order chi connectivity index (χ0) is 19.1. The Labute approximate surface area is 166 Å². The Morgan fingerprint density at radius 3 is 3.14 bits per heavy atom. The number of ether oxygens (including phenoxy) is 1. The van der Waals surface area contributed by atoms with Gasteiger partial charge in [-0.3, -0.25) is 4.79 Å². The van der Waals surface area contributed by atoms with Gasteiger partial charge in [-0.1, -0.05) is 6.92 Å². The van der Waals surface area contributed by atoms with Crippen LogP contribution >= 0.6 is 11.3 Å². The maximum absolute atomic E-state index is 12.6. The summed E-state index contributed by atoms with van der Waals surface area (Å²) in [6.07, 6.45) is 5.19. The van der Waals surface area contributed by atoms with Gasteiger partial charge >= 0.3 is 0 Å². The van der Waals surface area contributed by atoms with E-state index in [-0.39, 0.29) is 11.7 Å². The van der Waals surface area contributed by atoms with E-state index < -0.39 is 0 Å². The van der Waals surface area contributed by atoms with E-state index >= 15 is 0 Å². The summed E-state index contributed by atoms with van der Waals surface area (Å²) in [6.45, 7) is 7.35. The molecule has 1 aliphatic carbocycles. The van der Waals surface area contributed by atoms with Crippen LogP contribution in [-0.2, 0) is 11.2 Å². The van der Waals surface area contributed by atoms with Crippen LogP contribution in [0, 0.1) is 0 Å². The average Bonchev–Trinajstić information content (AvgIpc) is 3.30. The van der Waals surface area contributed by atoms with Gasteiger partial charge in [0.15, 0.2) is 5.65 Å². The number of hydrogen-bond acceptors (Lipinski definition) is 6. The Morgan fingerprint density at radius 1 is 1.43 bits per heavy atom. The molecule has 0 bridgehead atoms. The first-order valence-electron chi connectivity index (χ1n) is 10.1. The summed E-state index contributed by atoms with van der Waals surface area (Å²) in [7, 11) is 0. The Hall–Kier alpha value is -2.10. The molecule has 2 aliphatic rings. The first-order chi connectivity index (χ1) is 13.7. The summed E-state index contributed by atoms with van der Waals surface area (Å²) in [6, 6.07) is 0. The van der Waals surface area contributed by atoms with Crippen LogP contribution in [-0.4, -0.2) is 64.9 Å². The summed E-state index contributed by atoms with van der Waals surface area (Å²) in [4.78, 5) is 25.6. The molecule has 1 saturated heterocycles. The molecule has 8 nitrogen and oxygen atoms in total. The predicted molar refractivity (Wildman–Crippen MR) is 106 cm³/mol. The number of hydrogen-bond donors (Lipinski definition) is 2. The molecule has 1 aliphatic heterocycles. The highest BCUT2D eigenvalue weighted by Gasteiger charge is 2.26. The molecule has 0 aromatic carbocycles. The number of morpholine rings is 1. The lowest BCUT2D eigenvalue weighted by atomic mass is 9.87. The molecular formula is C19H25N6O2S+. The molecule has 0 saturated carbocycles. The molecule has 28 heavy (non-hydrogen) atoms. The van der Waals surface area contributed by atoms with E-state index in [1.807, 2.05) is 0 Å². The fourth-order valence-electron chi connectivity index (χ4n) is 4.32. The first kappa shape index (κ1) is 18.0. The number of nitrogens with one attached hydrogen (secondary N) is 2. The lowest BCUT2D eigenvalue weighted by Gasteiger charge is -2.23. The van der Waals surface area contributed by atoms with Crippen LogP contribution in [0.4, 0.5) is 0 Å². The zero-order valence-corrected chi connectivity index (χ0v) is 16.8. The lowest BCUT2D eigenvalue weighted by molar-refractivity contribution is -0.906. The van der Waals surface area contributed by atoms with Gasteiger partial charge in [-0.05, 0) is 30.7 Å². The number of amides is 1. The molecule has 148 valence electrons. The van der Waals surface area contributed by atoms with Crippen molar-refractivity contribution in [2.45, 2.75) is 32.1 Å². The van der Waals surface area contributed by atoms with Crippen LogP contribution in [0.3, 0.4) is 0 Å². The SMILES string of the molecule is C[C@H]1CCCc2sc3ncn4nc(C(=O)NCC[NH+]5CCOCC5)nc4c3c21. The number of carbonyl (C=O) groups is 1. The molecule has 9 heteroatoms. The molecule has 1 amide bonds. The fourth-order valence-corrected chi connectivity index (χ4v) is 5.62. The minimum Gasteiger partial charge on any atom is -0.370 e. The zero-order valence-electron chi connectivity index (χ0n) is 16.0. The molecule has 3 aromatic heterocycles. The van der Waals surface area contributed by atoms with Gasteiger partial charge in [0.25, 0.3) is 5.91 Å². The van der Waals surface area contributed by atoms with Crippen molar-refractivity contribution in [3.05, 3.63) is 22.6 Å². The van der Waals surface area contributed by atoms with Gasteiger partial charge in [-0.2, -0.15) is 0 Å². The highest BCUT2D eigenvalue weighted by molar-refractivity contribution is 7.19. The van der Waals surface area contributed by atoms with Gasteiger partial charge < -0.3 is 15.0 Å². The van der Waals surface area contributed by atoms with E-state index in [0.29, 0.717) is 12.5 Å². The standard InChI is InChI=1S/C19H24N6O2S/c1-12-3-2-4-13-14(12)15-17-22-16(23-25(17)11-21-19(15)28-13)18(26)20-5-6-24-7-9-27-10-8-24/h11-12H,2-10H2,1H3,(H,20,26)/p+1/t12-/m0/s1. The van der Waals surface area contributed by atoms with Gasteiger partial charge in [0.1, 0.15) is 24.2 Å². The molecule has 0 unspecified atom stereocenters. The van der Waals surface area contributed by atoms with Crippen LogP contribution in [0.15, 0.2) is 6.33 Å². The van der Waals surface area contributed by atoms with Crippen LogP contribution in [0.1, 0.15) is 46.7 Å². The Morgan fingerprint density at radius 2 is 2.29 bits per heavy atom. The number of quaternary nitrogens is 1. The average molecular weight is 402 g/mol. The summed E-state index contributed by atoms with van der Waals surface area (Å²) >= 11 is 1.76. The Balaban J connectivity index is 1.39. The van der Waals surface area contributed by atoms with Crippen molar-refractivity contribution in [2.75, 3.05) is 39.4 Å². The molecule has 5 rings (SSSR count). The van der Waals surface area contributed by atoms with Crippen molar-refractivity contribution in [2.24, 2.45) is 0 Å². The number of aromatic nitrogens is 4. The number of rotatable bonds is 4. The van der Waals surface area contributed by atoms with Gasteiger partial charge in [0.05, 0.1) is 31.7 Å². The van der Waals surface area contributed by atoms with E-state index in [2.05, 4.69) is 27.3 Å². The molecule has 1 fully saturated rings. The van der Waals surface area contributed by atoms with Crippen LogP contribution in [0.5, 0.6) is 0 Å². The molecule has 3 aromatic rings. The normalized spacial score (nSPS) is 20.5. The summed E-state index contributed by atoms with van der Waals surface area (Å²) < 4.78 is 7.02. The second kappa shape index (κ2) is 7.38. The smallest absolute Gasteiger partial charge is 0.291 e. The van der Waals surface area contributed by atoms with Gasteiger partial charge in [0.2, 0.25) is 5.82 Å². The highest BCUT2D eigenvalue weighted by atomic mass is 32.1. The highest BCUT2D eigenvalue weighted by Crippen LogP contribution is 2.42. The largest absolute Gasteiger partial charge is 0.370 e. The van der Waals surface area contributed by atoms with E-state index in [4.69, 9.17) is 4.74 Å². The number of carbonyl (C=O) groups excluding carboxylic acids is 1. The van der Waals surface area contributed by atoms with E-state index in [1.54, 1.807) is 22.2 Å². The van der Waals surface area contributed by atoms with Crippen molar-refractivity contribution < 1.29 is 14.4 Å². The van der Waals surface area contributed by atoms with Crippen molar-refractivity contribution in [1.29, 1.82) is 0 Å². The second-order valence-electron chi connectivity index (χ2n) is 7.73. The lowest BCUT2D eigenvalue weighted by Crippen LogP contribution is -3.14. The van der Waals surface area contributed by atoms with E-state index in [0.717, 1.165) is 55.1 Å². The third-order valence-corrected chi connectivity index (χ3v) is 7.02. The summed E-state index contributed by atoms with van der Waals surface area (Å²) in [5.74, 6) is 0.493. The molecule has 1 atom stereocenters. The molecule has 0 spiro atoms. The van der Waals surface area contributed by atoms with Crippen LogP contribution < -0.4 is 10.2 Å². The number of aryl methyl sites for hydroxylation is 1. The number of fused-ring (bicyclic) bond motifs is 5. The maximum atomic E-state index is 12.6. The molecule has 0 radical (unpaired) electrons. The van der Waals surface area contributed by atoms with Crippen molar-refractivity contribution in [3.8, 4) is 0 Å². The minimum atomic E-state index is -0.221. The third-order valence-electron chi connectivity index (χ3n) is 5.84. The summed E-state index contributed by atoms with van der Waals surface area (Å²) in [5, 5.41) is 8.44.